The number of urea groups is 1. The molecule has 0 unspecified atom stereocenters. The van der Waals surface area contributed by atoms with Crippen LogP contribution in [-0.2, 0) is 13.1 Å². The fraction of sp³-hybridized carbons (Fsp3) is 0.632. The standard InChI is InChI=1S/C19H29N3O2/c23-15-19(8-9-19)14-21-18(24)20-12-16-4-6-17(7-5-16)13-22-10-2-1-3-11-22/h4-7,23H,1-3,8-15H2,(H2,20,21,24). The molecule has 1 saturated carbocycles. The molecule has 0 aromatic heterocycles. The summed E-state index contributed by atoms with van der Waals surface area (Å²) in [4.78, 5) is 14.3. The Bertz CT molecular complexity index is 534. The number of carbonyl (C=O) groups excluding carboxylic acids is 1. The first kappa shape index (κ1) is 17.2. The van der Waals surface area contributed by atoms with Gasteiger partial charge in [0.1, 0.15) is 0 Å². The summed E-state index contributed by atoms with van der Waals surface area (Å²) in [7, 11) is 0. The average molecular weight is 331 g/mol. The van der Waals surface area contributed by atoms with Gasteiger partial charge in [0.2, 0.25) is 0 Å². The fourth-order valence-electron chi connectivity index (χ4n) is 3.22. The molecule has 0 bridgehead atoms. The van der Waals surface area contributed by atoms with Gasteiger partial charge in [0.15, 0.2) is 0 Å². The van der Waals surface area contributed by atoms with Crippen molar-refractivity contribution in [3.63, 3.8) is 0 Å². The van der Waals surface area contributed by atoms with Gasteiger partial charge >= 0.3 is 6.03 Å². The highest BCUT2D eigenvalue weighted by molar-refractivity contribution is 5.73. The molecule has 3 N–H and O–H groups in total. The minimum absolute atomic E-state index is 0.0482. The van der Waals surface area contributed by atoms with Gasteiger partial charge in [-0.15, -0.1) is 0 Å². The quantitative estimate of drug-likeness (QED) is 0.718. The number of likely N-dealkylation sites (tertiary alicyclic amines) is 1. The molecule has 5 nitrogen and oxygen atoms in total. The number of nitrogens with zero attached hydrogens (tertiary/aromatic N) is 1. The van der Waals surface area contributed by atoms with Crippen LogP contribution in [0.4, 0.5) is 4.79 Å². The summed E-state index contributed by atoms with van der Waals surface area (Å²) < 4.78 is 0. The van der Waals surface area contributed by atoms with Crippen LogP contribution in [0.5, 0.6) is 0 Å². The van der Waals surface area contributed by atoms with Crippen LogP contribution in [0.2, 0.25) is 0 Å². The number of rotatable bonds is 7. The van der Waals surface area contributed by atoms with Gasteiger partial charge in [0.25, 0.3) is 0 Å². The van der Waals surface area contributed by atoms with Crippen LogP contribution in [0.25, 0.3) is 0 Å². The first-order valence-corrected chi connectivity index (χ1v) is 9.12. The van der Waals surface area contributed by atoms with Crippen molar-refractivity contribution in [2.45, 2.75) is 45.2 Å². The summed E-state index contributed by atoms with van der Waals surface area (Å²) in [5, 5.41) is 15.0. The minimum atomic E-state index is -0.160. The maximum Gasteiger partial charge on any atom is 0.315 e. The number of aliphatic hydroxyl groups excluding tert-OH is 1. The van der Waals surface area contributed by atoms with E-state index in [0.717, 1.165) is 24.9 Å². The van der Waals surface area contributed by atoms with E-state index >= 15 is 0 Å². The lowest BCUT2D eigenvalue weighted by Crippen LogP contribution is -2.39. The van der Waals surface area contributed by atoms with Crippen molar-refractivity contribution in [3.05, 3.63) is 35.4 Å². The molecule has 0 atom stereocenters. The highest BCUT2D eigenvalue weighted by Gasteiger charge is 2.42. The molecular weight excluding hydrogens is 302 g/mol. The highest BCUT2D eigenvalue weighted by atomic mass is 16.3. The first-order valence-electron chi connectivity index (χ1n) is 9.12. The molecule has 5 heteroatoms. The summed E-state index contributed by atoms with van der Waals surface area (Å²) in [6, 6.07) is 8.35. The number of piperidine rings is 1. The summed E-state index contributed by atoms with van der Waals surface area (Å²) >= 11 is 0. The lowest BCUT2D eigenvalue weighted by molar-refractivity contribution is 0.203. The molecule has 1 aromatic rings. The molecule has 132 valence electrons. The van der Waals surface area contributed by atoms with Gasteiger partial charge in [-0.3, -0.25) is 4.90 Å². The number of hydrogen-bond acceptors (Lipinski definition) is 3. The van der Waals surface area contributed by atoms with E-state index in [2.05, 4.69) is 39.8 Å². The zero-order chi connectivity index (χ0) is 16.8. The minimum Gasteiger partial charge on any atom is -0.396 e. The maximum absolute atomic E-state index is 11.8. The number of hydrogen-bond donors (Lipinski definition) is 3. The largest absolute Gasteiger partial charge is 0.396 e. The van der Waals surface area contributed by atoms with E-state index in [1.165, 1.54) is 37.9 Å². The van der Waals surface area contributed by atoms with E-state index in [-0.39, 0.29) is 18.1 Å². The third kappa shape index (κ3) is 4.95. The first-order chi connectivity index (χ1) is 11.7. The molecule has 2 aliphatic rings. The van der Waals surface area contributed by atoms with Crippen LogP contribution < -0.4 is 10.6 Å². The zero-order valence-corrected chi connectivity index (χ0v) is 14.4. The number of amides is 2. The predicted molar refractivity (Wildman–Crippen MR) is 94.6 cm³/mol. The Balaban J connectivity index is 1.38. The van der Waals surface area contributed by atoms with Crippen LogP contribution in [0.1, 0.15) is 43.2 Å². The Kier molecular flexibility index (Phi) is 5.74. The molecular formula is C19H29N3O2. The van der Waals surface area contributed by atoms with E-state index in [1.54, 1.807) is 0 Å². The van der Waals surface area contributed by atoms with Crippen molar-refractivity contribution >= 4 is 6.03 Å². The van der Waals surface area contributed by atoms with E-state index in [4.69, 9.17) is 0 Å². The van der Waals surface area contributed by atoms with Crippen LogP contribution in [-0.4, -0.2) is 42.3 Å². The summed E-state index contributed by atoms with van der Waals surface area (Å²) in [6.45, 7) is 4.69. The molecule has 0 radical (unpaired) electrons. The molecule has 1 saturated heterocycles. The summed E-state index contributed by atoms with van der Waals surface area (Å²) in [5.41, 5.74) is 2.40. The molecule has 2 amide bonds. The Morgan fingerprint density at radius 3 is 2.33 bits per heavy atom. The van der Waals surface area contributed by atoms with Crippen molar-refractivity contribution in [2.24, 2.45) is 5.41 Å². The molecule has 1 aliphatic carbocycles. The maximum atomic E-state index is 11.8. The smallest absolute Gasteiger partial charge is 0.315 e. The molecule has 1 aliphatic heterocycles. The molecule has 24 heavy (non-hydrogen) atoms. The summed E-state index contributed by atoms with van der Waals surface area (Å²) in [6.07, 6.45) is 6.00. The lowest BCUT2D eigenvalue weighted by Gasteiger charge is -2.26. The Hall–Kier alpha value is -1.59. The normalized spacial score (nSPS) is 19.7. The van der Waals surface area contributed by atoms with Gasteiger partial charge in [-0.25, -0.2) is 4.79 Å². The van der Waals surface area contributed by atoms with Crippen LogP contribution in [0.15, 0.2) is 24.3 Å². The lowest BCUT2D eigenvalue weighted by atomic mass is 10.1. The van der Waals surface area contributed by atoms with Gasteiger partial charge < -0.3 is 15.7 Å². The molecule has 3 rings (SSSR count). The van der Waals surface area contributed by atoms with Crippen molar-refractivity contribution in [1.82, 2.24) is 15.5 Å². The Morgan fingerprint density at radius 1 is 1.04 bits per heavy atom. The van der Waals surface area contributed by atoms with Crippen molar-refractivity contribution in [2.75, 3.05) is 26.2 Å². The third-order valence-corrected chi connectivity index (χ3v) is 5.25. The summed E-state index contributed by atoms with van der Waals surface area (Å²) in [5.74, 6) is 0. The van der Waals surface area contributed by atoms with Gasteiger partial charge in [0.05, 0.1) is 6.61 Å². The SMILES string of the molecule is O=C(NCc1ccc(CN2CCCCC2)cc1)NCC1(CO)CC1. The topological polar surface area (TPSA) is 64.6 Å². The molecule has 1 heterocycles. The van der Waals surface area contributed by atoms with Crippen molar-refractivity contribution < 1.29 is 9.90 Å². The van der Waals surface area contributed by atoms with E-state index in [0.29, 0.717) is 13.1 Å². The second-order valence-corrected chi connectivity index (χ2v) is 7.35. The van der Waals surface area contributed by atoms with Crippen LogP contribution >= 0.6 is 0 Å². The van der Waals surface area contributed by atoms with Crippen LogP contribution in [0, 0.1) is 5.41 Å². The monoisotopic (exact) mass is 331 g/mol. The predicted octanol–water partition coefficient (Wildman–Crippen LogP) is 2.24. The van der Waals surface area contributed by atoms with Gasteiger partial charge in [-0.2, -0.15) is 0 Å². The van der Waals surface area contributed by atoms with Gasteiger partial charge in [-0.1, -0.05) is 30.7 Å². The number of nitrogens with one attached hydrogen (secondary N) is 2. The third-order valence-electron chi connectivity index (χ3n) is 5.25. The van der Waals surface area contributed by atoms with Gasteiger partial charge in [0, 0.05) is 25.0 Å². The second-order valence-electron chi connectivity index (χ2n) is 7.35. The average Bonchev–Trinajstić information content (AvgIpc) is 3.41. The number of aliphatic hydroxyl groups is 1. The molecule has 0 spiro atoms. The van der Waals surface area contributed by atoms with E-state index in [9.17, 15) is 9.90 Å². The molecule has 1 aromatic carbocycles. The van der Waals surface area contributed by atoms with Crippen molar-refractivity contribution in [3.8, 4) is 0 Å². The Labute approximate surface area is 144 Å². The van der Waals surface area contributed by atoms with E-state index < -0.39 is 0 Å². The van der Waals surface area contributed by atoms with Gasteiger partial charge in [-0.05, 0) is 49.9 Å². The highest BCUT2D eigenvalue weighted by Crippen LogP contribution is 2.44. The Morgan fingerprint density at radius 2 is 1.71 bits per heavy atom. The number of benzene rings is 1. The number of carbonyl (C=O) groups is 1. The second kappa shape index (κ2) is 7.99. The fourth-order valence-corrected chi connectivity index (χ4v) is 3.22. The van der Waals surface area contributed by atoms with Crippen LogP contribution in [0.3, 0.4) is 0 Å². The van der Waals surface area contributed by atoms with Crippen molar-refractivity contribution in [1.29, 1.82) is 0 Å². The van der Waals surface area contributed by atoms with E-state index in [1.807, 2.05) is 0 Å². The molecule has 2 fully saturated rings. The zero-order valence-electron chi connectivity index (χ0n) is 14.4.